The molecular formula is C44H50. The van der Waals surface area contributed by atoms with Gasteiger partial charge in [0.2, 0.25) is 0 Å². The normalized spacial score (nSPS) is 14.8. The van der Waals surface area contributed by atoms with E-state index < -0.39 is 0 Å². The smallest absolute Gasteiger partial charge is 0.0103 e. The molecule has 4 aromatic rings. The zero-order chi connectivity index (χ0) is 31.6. The minimum Gasteiger partial charge on any atom is -0.0642 e. The molecule has 0 unspecified atom stereocenters. The maximum absolute atomic E-state index is 2.55. The number of hydrogen-bond donors (Lipinski definition) is 0. The first-order valence-corrected chi connectivity index (χ1v) is 16.6. The van der Waals surface area contributed by atoms with Crippen LogP contribution in [0.25, 0.3) is 34.4 Å². The van der Waals surface area contributed by atoms with Crippen LogP contribution in [0.15, 0.2) is 83.9 Å². The Balaban J connectivity index is 1.38. The van der Waals surface area contributed by atoms with Crippen molar-refractivity contribution in [2.75, 3.05) is 0 Å². The van der Waals surface area contributed by atoms with E-state index in [1.807, 2.05) is 0 Å². The summed E-state index contributed by atoms with van der Waals surface area (Å²) >= 11 is 0. The Hall–Kier alpha value is -3.64. The summed E-state index contributed by atoms with van der Waals surface area (Å²) in [6.45, 7) is 23.2. The van der Waals surface area contributed by atoms with Crippen LogP contribution in [0.5, 0.6) is 0 Å². The van der Waals surface area contributed by atoms with Gasteiger partial charge in [-0.05, 0) is 111 Å². The number of fused-ring (bicyclic) bond motifs is 2. The molecule has 0 atom stereocenters. The maximum Gasteiger partial charge on any atom is 0.0103 e. The quantitative estimate of drug-likeness (QED) is 0.221. The van der Waals surface area contributed by atoms with Gasteiger partial charge in [-0.2, -0.15) is 0 Å². The van der Waals surface area contributed by atoms with Gasteiger partial charge in [-0.1, -0.05) is 151 Å². The summed E-state index contributed by atoms with van der Waals surface area (Å²) in [5, 5.41) is 0. The number of rotatable bonds is 5. The highest BCUT2D eigenvalue weighted by molar-refractivity contribution is 5.85. The highest BCUT2D eigenvalue weighted by Crippen LogP contribution is 2.51. The van der Waals surface area contributed by atoms with Gasteiger partial charge in [0.25, 0.3) is 0 Å². The first kappa shape index (κ1) is 30.4. The minimum absolute atomic E-state index is 0.0167. The fraction of sp³-hybridized carbons (Fsp3) is 0.364. The van der Waals surface area contributed by atoms with Crippen molar-refractivity contribution < 1.29 is 0 Å². The summed E-state index contributed by atoms with van der Waals surface area (Å²) in [6, 6.07) is 28.0. The summed E-state index contributed by atoms with van der Waals surface area (Å²) in [5.41, 5.74) is 20.1. The summed E-state index contributed by atoms with van der Waals surface area (Å²) in [6.07, 6.45) is 8.24. The second-order valence-electron chi connectivity index (χ2n) is 15.7. The Kier molecular flexibility index (Phi) is 7.43. The van der Waals surface area contributed by atoms with Gasteiger partial charge in [-0.25, -0.2) is 0 Å². The van der Waals surface area contributed by atoms with Gasteiger partial charge in [0.15, 0.2) is 0 Å². The molecule has 2 aliphatic carbocycles. The minimum atomic E-state index is 0.0167. The van der Waals surface area contributed by atoms with Crippen LogP contribution in [-0.2, 0) is 23.7 Å². The number of benzene rings is 4. The highest BCUT2D eigenvalue weighted by Gasteiger charge is 2.37. The molecule has 0 amide bonds. The van der Waals surface area contributed by atoms with Gasteiger partial charge in [-0.3, -0.25) is 0 Å². The lowest BCUT2D eigenvalue weighted by Gasteiger charge is -2.32. The average molecular weight is 579 g/mol. The predicted octanol–water partition coefficient (Wildman–Crippen LogP) is 12.2. The lowest BCUT2D eigenvalue weighted by atomic mass is 9.72. The van der Waals surface area contributed by atoms with Crippen molar-refractivity contribution in [2.45, 2.75) is 99.3 Å². The van der Waals surface area contributed by atoms with Crippen LogP contribution in [0.2, 0.25) is 0 Å². The van der Waals surface area contributed by atoms with E-state index in [0.29, 0.717) is 0 Å². The van der Waals surface area contributed by atoms with E-state index in [2.05, 4.69) is 154 Å². The summed E-state index contributed by atoms with van der Waals surface area (Å²) < 4.78 is 0. The lowest BCUT2D eigenvalue weighted by Crippen LogP contribution is -2.21. The highest BCUT2D eigenvalue weighted by atomic mass is 14.4. The molecule has 0 spiro atoms. The van der Waals surface area contributed by atoms with Crippen LogP contribution in [0.3, 0.4) is 0 Å². The Morgan fingerprint density at radius 2 is 0.932 bits per heavy atom. The van der Waals surface area contributed by atoms with Crippen LogP contribution >= 0.6 is 0 Å². The summed E-state index contributed by atoms with van der Waals surface area (Å²) in [5.74, 6) is 0. The first-order valence-electron chi connectivity index (χ1n) is 16.6. The van der Waals surface area contributed by atoms with Gasteiger partial charge in [0.05, 0.1) is 0 Å². The molecule has 0 radical (unpaired) electrons. The SMILES string of the molecule is CCC(C)(C1=Cc2c(cccc2-c2ccc(C(C)(C)C)cc2C)C1)C1=Cc2c(cccc2-c2ccc(C(C)(C)C)cc2C)C1. The molecule has 0 bridgehead atoms. The fourth-order valence-corrected chi connectivity index (χ4v) is 7.44. The zero-order valence-corrected chi connectivity index (χ0v) is 28.7. The summed E-state index contributed by atoms with van der Waals surface area (Å²) in [4.78, 5) is 0. The molecule has 0 saturated carbocycles. The lowest BCUT2D eigenvalue weighted by molar-refractivity contribution is 0.452. The third kappa shape index (κ3) is 5.21. The molecule has 0 heterocycles. The van der Waals surface area contributed by atoms with Crippen LogP contribution in [0.1, 0.15) is 106 Å². The molecule has 0 aromatic heterocycles. The topological polar surface area (TPSA) is 0 Å². The second kappa shape index (κ2) is 10.8. The fourth-order valence-electron chi connectivity index (χ4n) is 7.44. The molecule has 226 valence electrons. The second-order valence-corrected chi connectivity index (χ2v) is 15.7. The van der Waals surface area contributed by atoms with E-state index in [0.717, 1.165) is 19.3 Å². The van der Waals surface area contributed by atoms with E-state index >= 15 is 0 Å². The van der Waals surface area contributed by atoms with Gasteiger partial charge >= 0.3 is 0 Å². The Labute approximate surface area is 267 Å². The average Bonchev–Trinajstić information content (AvgIpc) is 3.61. The van der Waals surface area contributed by atoms with Crippen molar-refractivity contribution in [3.8, 4) is 22.3 Å². The van der Waals surface area contributed by atoms with Crippen LogP contribution < -0.4 is 0 Å². The van der Waals surface area contributed by atoms with E-state index in [1.54, 1.807) is 11.1 Å². The molecule has 0 saturated heterocycles. The molecule has 44 heavy (non-hydrogen) atoms. The monoisotopic (exact) mass is 578 g/mol. The molecule has 0 aliphatic heterocycles. The molecule has 0 nitrogen and oxygen atoms in total. The first-order chi connectivity index (χ1) is 20.7. The van der Waals surface area contributed by atoms with Crippen molar-refractivity contribution in [2.24, 2.45) is 5.41 Å². The van der Waals surface area contributed by atoms with E-state index in [-0.39, 0.29) is 16.2 Å². The number of allylic oxidation sites excluding steroid dienone is 2. The third-order valence-electron chi connectivity index (χ3n) is 10.7. The predicted molar refractivity (Wildman–Crippen MR) is 192 cm³/mol. The Morgan fingerprint density at radius 3 is 1.27 bits per heavy atom. The van der Waals surface area contributed by atoms with Gasteiger partial charge in [0, 0.05) is 5.41 Å². The standard InChI is InChI=1S/C44H50/c1-11-44(10,34-24-30-14-12-16-38(40(30)26-34)36-20-18-32(22-28(36)2)42(4,5)6)35-25-31-15-13-17-39(41(31)27-35)37-21-19-33(23-29(37)3)43(7,8)9/h12-23,26-27H,11,24-25H2,1-10H3. The number of hydrogen-bond acceptors (Lipinski definition) is 0. The van der Waals surface area contributed by atoms with Crippen LogP contribution in [-0.4, -0.2) is 0 Å². The van der Waals surface area contributed by atoms with E-state index in [9.17, 15) is 0 Å². The zero-order valence-electron chi connectivity index (χ0n) is 28.7. The third-order valence-corrected chi connectivity index (χ3v) is 10.7. The Morgan fingerprint density at radius 1 is 0.523 bits per heavy atom. The van der Waals surface area contributed by atoms with Crippen LogP contribution in [0.4, 0.5) is 0 Å². The van der Waals surface area contributed by atoms with Crippen molar-refractivity contribution in [1.29, 1.82) is 0 Å². The van der Waals surface area contributed by atoms with Crippen LogP contribution in [0, 0.1) is 19.3 Å². The van der Waals surface area contributed by atoms with Crippen molar-refractivity contribution >= 4 is 12.2 Å². The van der Waals surface area contributed by atoms with Crippen molar-refractivity contribution in [1.82, 2.24) is 0 Å². The largest absolute Gasteiger partial charge is 0.0642 e. The maximum atomic E-state index is 2.55. The Bertz CT molecular complexity index is 1690. The summed E-state index contributed by atoms with van der Waals surface area (Å²) in [7, 11) is 0. The van der Waals surface area contributed by atoms with Crippen molar-refractivity contribution in [3.05, 3.63) is 128 Å². The number of aryl methyl sites for hydroxylation is 2. The van der Waals surface area contributed by atoms with Gasteiger partial charge < -0.3 is 0 Å². The van der Waals surface area contributed by atoms with Gasteiger partial charge in [0.1, 0.15) is 0 Å². The molecule has 0 fully saturated rings. The molecule has 4 aromatic carbocycles. The van der Waals surface area contributed by atoms with E-state index in [1.165, 1.54) is 66.8 Å². The molecule has 0 N–H and O–H groups in total. The molecular weight excluding hydrogens is 528 g/mol. The molecule has 0 heteroatoms. The van der Waals surface area contributed by atoms with Crippen molar-refractivity contribution in [3.63, 3.8) is 0 Å². The van der Waals surface area contributed by atoms with E-state index in [4.69, 9.17) is 0 Å². The van der Waals surface area contributed by atoms with Gasteiger partial charge in [-0.15, -0.1) is 0 Å². The molecule has 2 aliphatic rings. The molecule has 6 rings (SSSR count).